The lowest BCUT2D eigenvalue weighted by Gasteiger charge is -2.09. The fourth-order valence-electron chi connectivity index (χ4n) is 1.53. The molecule has 2 aromatic carbocycles. The van der Waals surface area contributed by atoms with Gasteiger partial charge in [0.1, 0.15) is 12.4 Å². The monoisotopic (exact) mass is 360 g/mol. The number of halogens is 3. The quantitative estimate of drug-likeness (QED) is 0.735. The third kappa shape index (κ3) is 3.19. The van der Waals surface area contributed by atoms with Crippen molar-refractivity contribution in [1.29, 1.82) is 0 Å². The minimum atomic E-state index is -0.891. The lowest BCUT2D eigenvalue weighted by molar-refractivity contribution is 0.301. The van der Waals surface area contributed by atoms with E-state index in [1.165, 1.54) is 0 Å². The molecule has 0 unspecified atom stereocenters. The Morgan fingerprint density at radius 2 is 1.67 bits per heavy atom. The molecule has 18 heavy (non-hydrogen) atoms. The van der Waals surface area contributed by atoms with Crippen molar-refractivity contribution in [2.24, 2.45) is 0 Å². The first-order valence-corrected chi connectivity index (χ1v) is 6.47. The number of rotatable bonds is 3. The smallest absolute Gasteiger partial charge is 0.162 e. The summed E-state index contributed by atoms with van der Waals surface area (Å²) in [4.78, 5) is 0. The van der Waals surface area contributed by atoms with Crippen LogP contribution in [0.5, 0.6) is 5.75 Å². The van der Waals surface area contributed by atoms with Gasteiger partial charge in [0.25, 0.3) is 0 Å². The second kappa shape index (κ2) is 5.65. The van der Waals surface area contributed by atoms with Crippen molar-refractivity contribution in [1.82, 2.24) is 0 Å². The van der Waals surface area contributed by atoms with E-state index >= 15 is 0 Å². The number of benzene rings is 2. The topological polar surface area (TPSA) is 9.23 Å². The van der Waals surface area contributed by atoms with Crippen LogP contribution in [-0.4, -0.2) is 0 Å². The van der Waals surface area contributed by atoms with E-state index in [0.717, 1.165) is 21.3 Å². The Morgan fingerprint density at radius 3 is 2.33 bits per heavy atom. The van der Waals surface area contributed by atoms with Gasteiger partial charge in [-0.2, -0.15) is 0 Å². The van der Waals surface area contributed by atoms with Gasteiger partial charge in [-0.25, -0.2) is 8.78 Å². The maximum absolute atomic E-state index is 13.1. The standard InChI is InChI=1S/C14H11F2IO/c1-9-6-12(15)13(16)7-14(9)18-8-10-2-4-11(17)5-3-10/h2-7H,8H2,1H3. The van der Waals surface area contributed by atoms with Gasteiger partial charge >= 0.3 is 0 Å². The number of hydrogen-bond donors (Lipinski definition) is 0. The van der Waals surface area contributed by atoms with E-state index in [-0.39, 0.29) is 0 Å². The molecule has 0 heterocycles. The highest BCUT2D eigenvalue weighted by atomic mass is 127. The second-order valence-electron chi connectivity index (χ2n) is 3.95. The SMILES string of the molecule is Cc1cc(F)c(F)cc1OCc1ccc(I)cc1. The molecule has 0 fully saturated rings. The summed E-state index contributed by atoms with van der Waals surface area (Å²) in [5, 5.41) is 0. The molecule has 0 bridgehead atoms. The summed E-state index contributed by atoms with van der Waals surface area (Å²) in [5.41, 5.74) is 1.57. The molecule has 0 aliphatic heterocycles. The van der Waals surface area contributed by atoms with Crippen LogP contribution in [0.2, 0.25) is 0 Å². The van der Waals surface area contributed by atoms with Gasteiger partial charge < -0.3 is 4.74 Å². The molecule has 0 aliphatic carbocycles. The van der Waals surface area contributed by atoms with Crippen LogP contribution in [0.4, 0.5) is 8.78 Å². The highest BCUT2D eigenvalue weighted by Gasteiger charge is 2.08. The number of aryl methyl sites for hydroxylation is 1. The van der Waals surface area contributed by atoms with E-state index in [1.807, 2.05) is 24.3 Å². The lowest BCUT2D eigenvalue weighted by Crippen LogP contribution is -1.98. The number of hydrogen-bond acceptors (Lipinski definition) is 1. The molecule has 2 aromatic rings. The van der Waals surface area contributed by atoms with Gasteiger partial charge in [0.2, 0.25) is 0 Å². The lowest BCUT2D eigenvalue weighted by atomic mass is 10.2. The minimum Gasteiger partial charge on any atom is -0.489 e. The van der Waals surface area contributed by atoms with Crippen molar-refractivity contribution in [2.75, 3.05) is 0 Å². The summed E-state index contributed by atoms with van der Waals surface area (Å²) in [5.74, 6) is -1.38. The molecule has 0 N–H and O–H groups in total. The van der Waals surface area contributed by atoms with Crippen LogP contribution in [0.25, 0.3) is 0 Å². The van der Waals surface area contributed by atoms with Crippen molar-refractivity contribution in [3.63, 3.8) is 0 Å². The maximum Gasteiger partial charge on any atom is 0.162 e. The van der Waals surface area contributed by atoms with E-state index in [1.54, 1.807) is 6.92 Å². The van der Waals surface area contributed by atoms with E-state index in [2.05, 4.69) is 22.6 Å². The Kier molecular flexibility index (Phi) is 4.16. The van der Waals surface area contributed by atoms with Crippen LogP contribution < -0.4 is 4.74 Å². The first-order chi connectivity index (χ1) is 8.56. The van der Waals surface area contributed by atoms with Gasteiger partial charge in [0.15, 0.2) is 11.6 Å². The summed E-state index contributed by atoms with van der Waals surface area (Å²) in [6.07, 6.45) is 0. The zero-order valence-electron chi connectivity index (χ0n) is 9.71. The molecule has 0 radical (unpaired) electrons. The molecule has 0 amide bonds. The van der Waals surface area contributed by atoms with Crippen molar-refractivity contribution in [3.8, 4) is 5.75 Å². The molecule has 0 atom stereocenters. The van der Waals surface area contributed by atoms with Gasteiger partial charge in [-0.3, -0.25) is 0 Å². The van der Waals surface area contributed by atoms with Gasteiger partial charge in [-0.15, -0.1) is 0 Å². The molecule has 0 spiro atoms. The van der Waals surface area contributed by atoms with Crippen molar-refractivity contribution >= 4 is 22.6 Å². The molecular formula is C14H11F2IO. The Bertz CT molecular complexity index is 552. The summed E-state index contributed by atoms with van der Waals surface area (Å²) < 4.78 is 32.6. The van der Waals surface area contributed by atoms with Crippen molar-refractivity contribution < 1.29 is 13.5 Å². The highest BCUT2D eigenvalue weighted by molar-refractivity contribution is 14.1. The molecule has 94 valence electrons. The van der Waals surface area contributed by atoms with E-state index in [9.17, 15) is 8.78 Å². The first kappa shape index (κ1) is 13.3. The molecule has 0 saturated carbocycles. The van der Waals surface area contributed by atoms with Crippen LogP contribution in [0.3, 0.4) is 0 Å². The Morgan fingerprint density at radius 1 is 1.06 bits per heavy atom. The first-order valence-electron chi connectivity index (χ1n) is 5.39. The van der Waals surface area contributed by atoms with Gasteiger partial charge in [-0.1, -0.05) is 12.1 Å². The van der Waals surface area contributed by atoms with E-state index in [0.29, 0.717) is 17.9 Å². The summed E-state index contributed by atoms with van der Waals surface area (Å²) in [6.45, 7) is 2.02. The summed E-state index contributed by atoms with van der Waals surface area (Å²) in [6, 6.07) is 10.0. The molecule has 0 aliphatic rings. The van der Waals surface area contributed by atoms with Crippen LogP contribution in [0, 0.1) is 22.1 Å². The van der Waals surface area contributed by atoms with E-state index < -0.39 is 11.6 Å². The van der Waals surface area contributed by atoms with Gasteiger partial charge in [0.05, 0.1) is 0 Å². The Hall–Kier alpha value is -1.17. The van der Waals surface area contributed by atoms with Crippen LogP contribution >= 0.6 is 22.6 Å². The second-order valence-corrected chi connectivity index (χ2v) is 5.19. The van der Waals surface area contributed by atoms with Crippen molar-refractivity contribution in [2.45, 2.75) is 13.5 Å². The predicted octanol–water partition coefficient (Wildman–Crippen LogP) is 4.46. The van der Waals surface area contributed by atoms with Gasteiger partial charge in [0, 0.05) is 9.64 Å². The third-order valence-corrected chi connectivity index (χ3v) is 3.24. The fourth-order valence-corrected chi connectivity index (χ4v) is 1.88. The van der Waals surface area contributed by atoms with Crippen molar-refractivity contribution in [3.05, 3.63) is 62.7 Å². The molecular weight excluding hydrogens is 349 g/mol. The molecule has 2 rings (SSSR count). The Labute approximate surface area is 118 Å². The fraction of sp³-hybridized carbons (Fsp3) is 0.143. The predicted molar refractivity (Wildman–Crippen MR) is 74.6 cm³/mol. The molecule has 1 nitrogen and oxygen atoms in total. The average molecular weight is 360 g/mol. The van der Waals surface area contributed by atoms with Crippen LogP contribution in [0.1, 0.15) is 11.1 Å². The summed E-state index contributed by atoms with van der Waals surface area (Å²) >= 11 is 2.22. The summed E-state index contributed by atoms with van der Waals surface area (Å²) in [7, 11) is 0. The zero-order valence-corrected chi connectivity index (χ0v) is 11.9. The largest absolute Gasteiger partial charge is 0.489 e. The average Bonchev–Trinajstić information content (AvgIpc) is 2.34. The molecule has 4 heteroatoms. The van der Waals surface area contributed by atoms with Crippen LogP contribution in [-0.2, 0) is 6.61 Å². The molecule has 0 aromatic heterocycles. The molecule has 0 saturated heterocycles. The van der Waals surface area contributed by atoms with Gasteiger partial charge in [-0.05, 0) is 58.8 Å². The maximum atomic E-state index is 13.1. The normalized spacial score (nSPS) is 10.4. The highest BCUT2D eigenvalue weighted by Crippen LogP contribution is 2.22. The number of ether oxygens (including phenoxy) is 1. The third-order valence-electron chi connectivity index (χ3n) is 2.53. The van der Waals surface area contributed by atoms with Crippen LogP contribution in [0.15, 0.2) is 36.4 Å². The zero-order chi connectivity index (χ0) is 13.1. The minimum absolute atomic E-state index is 0.336. The Balaban J connectivity index is 2.10. The van der Waals surface area contributed by atoms with E-state index in [4.69, 9.17) is 4.74 Å².